The number of nitrogens with one attached hydrogen (secondary N) is 2. The molecule has 1 saturated heterocycles. The fourth-order valence-corrected chi connectivity index (χ4v) is 5.00. The Labute approximate surface area is 205 Å². The SMILES string of the molecule is C=CC1=C(C(=O)O)N2C(=O)C(NC(=O)[C@H](NC(=O)OC(C)(C)C)c3ccc(CO)c(O)c3)[C@@H]2SC1. The number of rotatable bonds is 7. The van der Waals surface area contributed by atoms with Crippen LogP contribution in [0.2, 0.25) is 0 Å². The van der Waals surface area contributed by atoms with Crippen LogP contribution >= 0.6 is 11.8 Å². The lowest BCUT2D eigenvalue weighted by atomic mass is 10.00. The number of aliphatic carboxylic acids is 1. The number of thioether (sulfide) groups is 1. The van der Waals surface area contributed by atoms with E-state index in [0.29, 0.717) is 11.3 Å². The molecule has 35 heavy (non-hydrogen) atoms. The van der Waals surface area contributed by atoms with Crippen molar-refractivity contribution in [2.24, 2.45) is 0 Å². The molecular weight excluding hydrogens is 478 g/mol. The molecule has 0 radical (unpaired) electrons. The number of amides is 3. The number of alkyl carbamates (subject to hydrolysis) is 1. The second-order valence-electron chi connectivity index (χ2n) is 8.90. The van der Waals surface area contributed by atoms with Gasteiger partial charge < -0.3 is 30.7 Å². The highest BCUT2D eigenvalue weighted by Gasteiger charge is 2.54. The smallest absolute Gasteiger partial charge is 0.408 e. The minimum absolute atomic E-state index is 0.174. The fourth-order valence-electron chi connectivity index (χ4n) is 3.66. The first-order valence-electron chi connectivity index (χ1n) is 10.6. The summed E-state index contributed by atoms with van der Waals surface area (Å²) < 4.78 is 5.24. The fraction of sp³-hybridized carbons (Fsp3) is 0.391. The van der Waals surface area contributed by atoms with Crippen LogP contribution in [-0.4, -0.2) is 66.9 Å². The van der Waals surface area contributed by atoms with Crippen LogP contribution in [0.4, 0.5) is 4.79 Å². The third kappa shape index (κ3) is 5.43. The van der Waals surface area contributed by atoms with E-state index in [0.717, 1.165) is 4.90 Å². The van der Waals surface area contributed by atoms with Crippen molar-refractivity contribution in [1.82, 2.24) is 15.5 Å². The molecule has 1 fully saturated rings. The standard InChI is InChI=1S/C23H27N3O8S/c1-5-11-10-35-20-16(19(30)26(20)17(11)21(31)32)24-18(29)15(25-22(33)34-23(2,3)4)12-6-7-13(9-27)14(28)8-12/h5-8,15-16,20,27-28H,1,9-10H2,2-4H3,(H,24,29)(H,25,33)(H,31,32)/t15-,16?,20+/m1/s1. The van der Waals surface area contributed by atoms with Gasteiger partial charge in [0.1, 0.15) is 34.5 Å². The van der Waals surface area contributed by atoms with Crippen molar-refractivity contribution in [2.45, 2.75) is 50.4 Å². The molecule has 0 aromatic heterocycles. The average molecular weight is 506 g/mol. The van der Waals surface area contributed by atoms with Gasteiger partial charge in [-0.05, 0) is 38.0 Å². The summed E-state index contributed by atoms with van der Waals surface area (Å²) in [7, 11) is 0. The van der Waals surface area contributed by atoms with Crippen molar-refractivity contribution in [3.05, 3.63) is 53.3 Å². The lowest BCUT2D eigenvalue weighted by Crippen LogP contribution is -2.71. The first-order chi connectivity index (χ1) is 16.4. The van der Waals surface area contributed by atoms with E-state index in [1.165, 1.54) is 36.0 Å². The minimum atomic E-state index is -1.35. The van der Waals surface area contributed by atoms with Gasteiger partial charge in [0.05, 0.1) is 6.61 Å². The molecule has 2 heterocycles. The molecular formula is C23H27N3O8S. The normalized spacial score (nSPS) is 20.3. The quantitative estimate of drug-likeness (QED) is 0.344. The number of aliphatic hydroxyl groups excluding tert-OH is 1. The Hall–Kier alpha value is -3.51. The Balaban J connectivity index is 1.85. The molecule has 2 aliphatic heterocycles. The maximum absolute atomic E-state index is 13.2. The Morgan fingerprint density at radius 3 is 2.57 bits per heavy atom. The number of nitrogens with zero attached hydrogens (tertiary/aromatic N) is 1. The van der Waals surface area contributed by atoms with Gasteiger partial charge in [-0.15, -0.1) is 11.8 Å². The monoisotopic (exact) mass is 505 g/mol. The van der Waals surface area contributed by atoms with E-state index in [2.05, 4.69) is 17.2 Å². The predicted molar refractivity (Wildman–Crippen MR) is 126 cm³/mol. The van der Waals surface area contributed by atoms with Crippen LogP contribution in [0, 0.1) is 0 Å². The number of hydrogen-bond acceptors (Lipinski definition) is 8. The maximum Gasteiger partial charge on any atom is 0.408 e. The molecule has 12 heteroatoms. The second kappa shape index (κ2) is 10.0. The number of phenols is 1. The molecule has 3 atom stereocenters. The topological polar surface area (TPSA) is 166 Å². The third-order valence-corrected chi connectivity index (χ3v) is 6.58. The van der Waals surface area contributed by atoms with Gasteiger partial charge in [0, 0.05) is 11.3 Å². The number of carbonyl (C=O) groups is 4. The van der Waals surface area contributed by atoms with Crippen LogP contribution in [0.15, 0.2) is 42.1 Å². The number of fused-ring (bicyclic) bond motifs is 1. The number of β-lactam (4-membered cyclic amide) rings is 1. The largest absolute Gasteiger partial charge is 0.508 e. The molecule has 0 aliphatic carbocycles. The Morgan fingerprint density at radius 1 is 1.34 bits per heavy atom. The van der Waals surface area contributed by atoms with Crippen molar-refractivity contribution < 1.29 is 39.2 Å². The summed E-state index contributed by atoms with van der Waals surface area (Å²) in [4.78, 5) is 51.3. The zero-order valence-corrected chi connectivity index (χ0v) is 20.2. The number of allylic oxidation sites excluding steroid dienone is 1. The molecule has 3 amide bonds. The van der Waals surface area contributed by atoms with Crippen LogP contribution in [-0.2, 0) is 25.7 Å². The zero-order chi connectivity index (χ0) is 26.1. The van der Waals surface area contributed by atoms with Gasteiger partial charge >= 0.3 is 12.1 Å². The summed E-state index contributed by atoms with van der Waals surface area (Å²) in [5.41, 5.74) is -0.213. The zero-order valence-electron chi connectivity index (χ0n) is 19.4. The molecule has 0 spiro atoms. The van der Waals surface area contributed by atoms with Crippen LogP contribution in [0.5, 0.6) is 5.75 Å². The van der Waals surface area contributed by atoms with Crippen molar-refractivity contribution in [3.8, 4) is 5.75 Å². The van der Waals surface area contributed by atoms with Crippen molar-refractivity contribution in [2.75, 3.05) is 5.75 Å². The summed E-state index contributed by atoms with van der Waals surface area (Å²) in [6.45, 7) is 8.11. The Kier molecular flexibility index (Phi) is 7.46. The van der Waals surface area contributed by atoms with Gasteiger partial charge in [0.25, 0.3) is 5.91 Å². The van der Waals surface area contributed by atoms with Gasteiger partial charge in [0.2, 0.25) is 5.91 Å². The first-order valence-corrected chi connectivity index (χ1v) is 11.7. The predicted octanol–water partition coefficient (Wildman–Crippen LogP) is 1.37. The van der Waals surface area contributed by atoms with E-state index >= 15 is 0 Å². The van der Waals surface area contributed by atoms with Crippen LogP contribution in [0.1, 0.15) is 37.9 Å². The molecule has 1 aromatic carbocycles. The van der Waals surface area contributed by atoms with E-state index in [4.69, 9.17) is 4.74 Å². The average Bonchev–Trinajstić information content (AvgIpc) is 2.78. The van der Waals surface area contributed by atoms with E-state index in [1.807, 2.05) is 0 Å². The van der Waals surface area contributed by atoms with E-state index < -0.39 is 53.5 Å². The molecule has 5 N–H and O–H groups in total. The highest BCUT2D eigenvalue weighted by Crippen LogP contribution is 2.40. The van der Waals surface area contributed by atoms with Gasteiger partial charge in [-0.3, -0.25) is 14.5 Å². The Morgan fingerprint density at radius 2 is 2.03 bits per heavy atom. The highest BCUT2D eigenvalue weighted by molar-refractivity contribution is 8.00. The molecule has 2 aliphatic rings. The van der Waals surface area contributed by atoms with Gasteiger partial charge in [0.15, 0.2) is 0 Å². The van der Waals surface area contributed by atoms with E-state index in [1.54, 1.807) is 20.8 Å². The number of hydrogen-bond donors (Lipinski definition) is 5. The van der Waals surface area contributed by atoms with E-state index in [9.17, 15) is 34.5 Å². The maximum atomic E-state index is 13.2. The highest BCUT2D eigenvalue weighted by atomic mass is 32.2. The number of ether oxygens (including phenoxy) is 1. The first kappa shape index (κ1) is 26.1. The summed E-state index contributed by atoms with van der Waals surface area (Å²) in [6.07, 6.45) is 0.485. The molecule has 1 aromatic rings. The minimum Gasteiger partial charge on any atom is -0.508 e. The molecule has 3 rings (SSSR count). The summed E-state index contributed by atoms with van der Waals surface area (Å²) in [5, 5.41) is 33.4. The van der Waals surface area contributed by atoms with Crippen molar-refractivity contribution in [3.63, 3.8) is 0 Å². The summed E-state index contributed by atoms with van der Waals surface area (Å²) >= 11 is 1.28. The van der Waals surface area contributed by atoms with Crippen molar-refractivity contribution in [1.29, 1.82) is 0 Å². The lowest BCUT2D eigenvalue weighted by Gasteiger charge is -2.49. The molecule has 0 bridgehead atoms. The Bertz CT molecular complexity index is 1110. The van der Waals surface area contributed by atoms with Crippen LogP contribution in [0.25, 0.3) is 0 Å². The lowest BCUT2D eigenvalue weighted by molar-refractivity contribution is -0.150. The van der Waals surface area contributed by atoms with Gasteiger partial charge in [-0.25, -0.2) is 9.59 Å². The summed E-state index contributed by atoms with van der Waals surface area (Å²) in [5.74, 6) is -2.63. The third-order valence-electron chi connectivity index (χ3n) is 5.28. The summed E-state index contributed by atoms with van der Waals surface area (Å²) in [6, 6.07) is 1.69. The number of carbonyl (C=O) groups excluding carboxylic acids is 3. The van der Waals surface area contributed by atoms with Crippen LogP contribution in [0.3, 0.4) is 0 Å². The van der Waals surface area contributed by atoms with Crippen molar-refractivity contribution >= 4 is 35.6 Å². The molecule has 11 nitrogen and oxygen atoms in total. The van der Waals surface area contributed by atoms with Crippen LogP contribution < -0.4 is 10.6 Å². The van der Waals surface area contributed by atoms with E-state index in [-0.39, 0.29) is 22.6 Å². The number of aliphatic hydroxyl groups is 1. The van der Waals surface area contributed by atoms with Gasteiger partial charge in [-0.1, -0.05) is 24.8 Å². The number of carboxylic acid groups (broad SMARTS) is 1. The number of carboxylic acids is 1. The number of benzene rings is 1. The second-order valence-corrected chi connectivity index (χ2v) is 10.0. The molecule has 1 unspecified atom stereocenters. The molecule has 0 saturated carbocycles. The van der Waals surface area contributed by atoms with Gasteiger partial charge in [-0.2, -0.15) is 0 Å². The number of aromatic hydroxyl groups is 1. The molecule has 188 valence electrons.